The number of hydrogen-bond donors (Lipinski definition) is 1. The largest absolute Gasteiger partial charge is 0.495 e. The number of ether oxygens (including phenoxy) is 2. The van der Waals surface area contributed by atoms with Crippen molar-refractivity contribution in [3.63, 3.8) is 0 Å². The van der Waals surface area contributed by atoms with Gasteiger partial charge in [-0.3, -0.25) is 0 Å². The van der Waals surface area contributed by atoms with Crippen molar-refractivity contribution in [2.24, 2.45) is 0 Å². The summed E-state index contributed by atoms with van der Waals surface area (Å²) in [5.41, 5.74) is 0.775. The summed E-state index contributed by atoms with van der Waals surface area (Å²) in [6.07, 6.45) is 0.333. The Kier molecular flexibility index (Phi) is 5.07. The molecular weight excluding hydrogens is 296 g/mol. The minimum atomic E-state index is 0.166. The zero-order valence-electron chi connectivity index (χ0n) is 11.9. The standard InChI is InChI=1S/C14H19ClN2O2S/c1-9-7-17(8-10(2)19-9)14(20)16-12-6-11(15)4-5-13(12)18-3/h4-6,9-10H,7-8H2,1-3H3,(H,16,20)/t9-,10-/m1/s1. The SMILES string of the molecule is COc1ccc(Cl)cc1NC(=S)N1C[C@@H](C)O[C@H](C)C1. The van der Waals surface area contributed by atoms with Crippen LogP contribution < -0.4 is 10.1 Å². The van der Waals surface area contributed by atoms with Gasteiger partial charge in [-0.1, -0.05) is 11.6 Å². The van der Waals surface area contributed by atoms with Crippen molar-refractivity contribution in [2.45, 2.75) is 26.1 Å². The number of methoxy groups -OCH3 is 1. The minimum absolute atomic E-state index is 0.166. The second-order valence-corrected chi connectivity index (χ2v) is 5.76. The number of benzene rings is 1. The van der Waals surface area contributed by atoms with Gasteiger partial charge in [0.1, 0.15) is 5.75 Å². The van der Waals surface area contributed by atoms with Crippen molar-refractivity contribution in [2.75, 3.05) is 25.5 Å². The summed E-state index contributed by atoms with van der Waals surface area (Å²) < 4.78 is 11.0. The van der Waals surface area contributed by atoms with Crippen molar-refractivity contribution in [1.82, 2.24) is 4.90 Å². The van der Waals surface area contributed by atoms with Crippen LogP contribution in [0.3, 0.4) is 0 Å². The minimum Gasteiger partial charge on any atom is -0.495 e. The first-order chi connectivity index (χ1) is 9.49. The Labute approximate surface area is 130 Å². The van der Waals surface area contributed by atoms with Crippen molar-refractivity contribution in [3.8, 4) is 5.75 Å². The van der Waals surface area contributed by atoms with Crippen LogP contribution in [0.4, 0.5) is 5.69 Å². The van der Waals surface area contributed by atoms with E-state index in [0.29, 0.717) is 15.9 Å². The van der Waals surface area contributed by atoms with Gasteiger partial charge in [0.05, 0.1) is 25.0 Å². The van der Waals surface area contributed by atoms with E-state index < -0.39 is 0 Å². The molecule has 0 bridgehead atoms. The van der Waals surface area contributed by atoms with Crippen LogP contribution in [-0.2, 0) is 4.74 Å². The van der Waals surface area contributed by atoms with Gasteiger partial charge in [0.2, 0.25) is 0 Å². The van der Waals surface area contributed by atoms with Crippen LogP contribution in [0.2, 0.25) is 5.02 Å². The quantitative estimate of drug-likeness (QED) is 0.848. The Morgan fingerprint density at radius 1 is 1.40 bits per heavy atom. The van der Waals surface area contributed by atoms with Crippen LogP contribution in [0.1, 0.15) is 13.8 Å². The molecule has 2 rings (SSSR count). The molecule has 4 nitrogen and oxygen atoms in total. The van der Waals surface area contributed by atoms with Crippen LogP contribution in [0, 0.1) is 0 Å². The van der Waals surface area contributed by atoms with E-state index in [1.54, 1.807) is 19.2 Å². The van der Waals surface area contributed by atoms with E-state index in [-0.39, 0.29) is 12.2 Å². The number of nitrogens with zero attached hydrogens (tertiary/aromatic N) is 1. The van der Waals surface area contributed by atoms with Crippen LogP contribution in [0.15, 0.2) is 18.2 Å². The second kappa shape index (κ2) is 6.61. The van der Waals surface area contributed by atoms with E-state index in [9.17, 15) is 0 Å². The van der Waals surface area contributed by atoms with Crippen LogP contribution in [0.25, 0.3) is 0 Å². The molecule has 0 radical (unpaired) electrons. The highest BCUT2D eigenvalue weighted by molar-refractivity contribution is 7.80. The molecule has 0 amide bonds. The summed E-state index contributed by atoms with van der Waals surface area (Å²) in [5.74, 6) is 0.714. The maximum Gasteiger partial charge on any atom is 0.173 e. The van der Waals surface area contributed by atoms with Gasteiger partial charge in [-0.15, -0.1) is 0 Å². The number of nitrogens with one attached hydrogen (secondary N) is 1. The molecule has 1 saturated heterocycles. The van der Waals surface area contributed by atoms with E-state index in [2.05, 4.69) is 10.2 Å². The van der Waals surface area contributed by atoms with Gasteiger partial charge in [0.15, 0.2) is 5.11 Å². The smallest absolute Gasteiger partial charge is 0.173 e. The molecule has 0 saturated carbocycles. The first-order valence-corrected chi connectivity index (χ1v) is 7.33. The highest BCUT2D eigenvalue weighted by Gasteiger charge is 2.24. The number of thiocarbonyl (C=S) groups is 1. The molecule has 1 aliphatic heterocycles. The summed E-state index contributed by atoms with van der Waals surface area (Å²) in [6, 6.07) is 5.41. The van der Waals surface area contributed by atoms with E-state index in [4.69, 9.17) is 33.3 Å². The third-order valence-corrected chi connectivity index (χ3v) is 3.71. The molecule has 0 aromatic heterocycles. The molecule has 6 heteroatoms. The topological polar surface area (TPSA) is 33.7 Å². The summed E-state index contributed by atoms with van der Waals surface area (Å²) in [6.45, 7) is 5.65. The van der Waals surface area contributed by atoms with Crippen molar-refractivity contribution in [1.29, 1.82) is 0 Å². The molecule has 20 heavy (non-hydrogen) atoms. The van der Waals surface area contributed by atoms with Gasteiger partial charge in [-0.2, -0.15) is 0 Å². The molecule has 1 aliphatic rings. The van der Waals surface area contributed by atoms with Gasteiger partial charge in [-0.25, -0.2) is 0 Å². The van der Waals surface area contributed by atoms with Gasteiger partial charge < -0.3 is 19.7 Å². The van der Waals surface area contributed by atoms with Gasteiger partial charge in [0.25, 0.3) is 0 Å². The van der Waals surface area contributed by atoms with E-state index in [1.165, 1.54) is 0 Å². The molecule has 1 aromatic rings. The first kappa shape index (κ1) is 15.4. The fraction of sp³-hybridized carbons (Fsp3) is 0.500. The molecule has 1 heterocycles. The Balaban J connectivity index is 2.09. The van der Waals surface area contributed by atoms with E-state index >= 15 is 0 Å². The number of hydrogen-bond acceptors (Lipinski definition) is 3. The first-order valence-electron chi connectivity index (χ1n) is 6.54. The molecule has 1 fully saturated rings. The van der Waals surface area contributed by atoms with Crippen LogP contribution in [0.5, 0.6) is 5.75 Å². The third kappa shape index (κ3) is 3.75. The van der Waals surface area contributed by atoms with Crippen LogP contribution in [-0.4, -0.2) is 42.4 Å². The molecule has 110 valence electrons. The molecule has 1 N–H and O–H groups in total. The predicted octanol–water partition coefficient (Wildman–Crippen LogP) is 3.15. The average molecular weight is 315 g/mol. The Hall–Kier alpha value is -1.04. The molecule has 0 spiro atoms. The maximum absolute atomic E-state index is 6.02. The van der Waals surface area contributed by atoms with Crippen LogP contribution >= 0.6 is 23.8 Å². The van der Waals surface area contributed by atoms with E-state index in [0.717, 1.165) is 18.8 Å². The number of morpholine rings is 1. The lowest BCUT2D eigenvalue weighted by Crippen LogP contribution is -2.49. The fourth-order valence-electron chi connectivity index (χ4n) is 2.32. The highest BCUT2D eigenvalue weighted by Crippen LogP contribution is 2.28. The monoisotopic (exact) mass is 314 g/mol. The Bertz CT molecular complexity index is 488. The summed E-state index contributed by atoms with van der Waals surface area (Å²) in [7, 11) is 1.62. The predicted molar refractivity (Wildman–Crippen MR) is 85.8 cm³/mol. The number of rotatable bonds is 2. The highest BCUT2D eigenvalue weighted by atomic mass is 35.5. The van der Waals surface area contributed by atoms with Crippen molar-refractivity contribution in [3.05, 3.63) is 23.2 Å². The lowest BCUT2D eigenvalue weighted by Gasteiger charge is -2.37. The van der Waals surface area contributed by atoms with Gasteiger partial charge in [-0.05, 0) is 44.3 Å². The molecule has 2 atom stereocenters. The summed E-state index contributed by atoms with van der Waals surface area (Å²) in [5, 5.41) is 4.50. The normalized spacial score (nSPS) is 22.5. The summed E-state index contributed by atoms with van der Waals surface area (Å²) in [4.78, 5) is 2.11. The third-order valence-electron chi connectivity index (χ3n) is 3.11. The average Bonchev–Trinajstić information content (AvgIpc) is 2.37. The zero-order valence-corrected chi connectivity index (χ0v) is 13.4. The molecule has 1 aromatic carbocycles. The number of anilines is 1. The molecule has 0 unspecified atom stereocenters. The Morgan fingerprint density at radius 3 is 2.65 bits per heavy atom. The molecular formula is C14H19ClN2O2S. The van der Waals surface area contributed by atoms with Gasteiger partial charge in [0, 0.05) is 18.1 Å². The number of halogens is 1. The maximum atomic E-state index is 6.02. The zero-order chi connectivity index (χ0) is 14.7. The van der Waals surface area contributed by atoms with Crippen molar-refractivity contribution >= 4 is 34.6 Å². The summed E-state index contributed by atoms with van der Waals surface area (Å²) >= 11 is 11.5. The van der Waals surface area contributed by atoms with Gasteiger partial charge >= 0.3 is 0 Å². The lowest BCUT2D eigenvalue weighted by molar-refractivity contribution is -0.0473. The second-order valence-electron chi connectivity index (χ2n) is 4.94. The molecule has 0 aliphatic carbocycles. The van der Waals surface area contributed by atoms with Crippen molar-refractivity contribution < 1.29 is 9.47 Å². The fourth-order valence-corrected chi connectivity index (χ4v) is 2.75. The lowest BCUT2D eigenvalue weighted by atomic mass is 10.2. The Morgan fingerprint density at radius 2 is 2.05 bits per heavy atom. The van der Waals surface area contributed by atoms with E-state index in [1.807, 2.05) is 19.9 Å².